The number of carbonyl (C=O) groups excluding carboxylic acids is 1. The van der Waals surface area contributed by atoms with Crippen molar-refractivity contribution < 1.29 is 14.3 Å². The second-order valence-corrected chi connectivity index (χ2v) is 6.05. The number of epoxide rings is 1. The van der Waals surface area contributed by atoms with Crippen molar-refractivity contribution in [2.75, 3.05) is 13.2 Å². The van der Waals surface area contributed by atoms with Crippen LogP contribution in [0, 0.1) is 6.92 Å². The van der Waals surface area contributed by atoms with Crippen LogP contribution >= 0.6 is 15.9 Å². The summed E-state index contributed by atoms with van der Waals surface area (Å²) in [5, 5.41) is 0. The van der Waals surface area contributed by atoms with Crippen LogP contribution in [-0.4, -0.2) is 25.1 Å². The molecule has 21 heavy (non-hydrogen) atoms. The van der Waals surface area contributed by atoms with E-state index >= 15 is 0 Å². The van der Waals surface area contributed by atoms with Crippen LogP contribution in [0.3, 0.4) is 0 Å². The first kappa shape index (κ1) is 14.3. The van der Waals surface area contributed by atoms with E-state index in [0.717, 1.165) is 16.6 Å². The first-order valence-electron chi connectivity index (χ1n) is 6.78. The second-order valence-electron chi connectivity index (χ2n) is 5.14. The molecule has 108 valence electrons. The number of hydrogen-bond acceptors (Lipinski definition) is 3. The SMILES string of the molecule is Cc1ccc(C(=O)c2cc(Br)cc(OCC3CO3)c2)cc1. The molecule has 0 saturated carbocycles. The maximum Gasteiger partial charge on any atom is 0.193 e. The van der Waals surface area contributed by atoms with Gasteiger partial charge in [0, 0.05) is 15.6 Å². The number of hydrogen-bond donors (Lipinski definition) is 0. The zero-order valence-electron chi connectivity index (χ0n) is 11.6. The molecule has 1 aliphatic rings. The molecule has 4 heteroatoms. The predicted octanol–water partition coefficient (Wildman–Crippen LogP) is 3.77. The molecule has 1 unspecified atom stereocenters. The van der Waals surface area contributed by atoms with E-state index in [9.17, 15) is 4.79 Å². The highest BCUT2D eigenvalue weighted by Crippen LogP contribution is 2.24. The van der Waals surface area contributed by atoms with Crippen molar-refractivity contribution in [3.05, 3.63) is 63.6 Å². The van der Waals surface area contributed by atoms with Crippen LogP contribution < -0.4 is 4.74 Å². The Bertz CT molecular complexity index is 660. The molecule has 1 heterocycles. The van der Waals surface area contributed by atoms with Crippen LogP contribution in [0.5, 0.6) is 5.75 Å². The second kappa shape index (κ2) is 6.00. The molecule has 0 bridgehead atoms. The van der Waals surface area contributed by atoms with Gasteiger partial charge in [-0.15, -0.1) is 0 Å². The molecule has 3 rings (SSSR count). The topological polar surface area (TPSA) is 38.8 Å². The van der Waals surface area contributed by atoms with Crippen LogP contribution in [0.15, 0.2) is 46.9 Å². The van der Waals surface area contributed by atoms with Crippen LogP contribution in [0.2, 0.25) is 0 Å². The quantitative estimate of drug-likeness (QED) is 0.611. The number of aryl methyl sites for hydroxylation is 1. The highest BCUT2D eigenvalue weighted by atomic mass is 79.9. The average Bonchev–Trinajstić information content (AvgIpc) is 3.29. The van der Waals surface area contributed by atoms with Gasteiger partial charge in [0.1, 0.15) is 18.5 Å². The van der Waals surface area contributed by atoms with Crippen molar-refractivity contribution in [1.29, 1.82) is 0 Å². The molecule has 1 atom stereocenters. The van der Waals surface area contributed by atoms with Crippen molar-refractivity contribution >= 4 is 21.7 Å². The fourth-order valence-corrected chi connectivity index (χ4v) is 2.47. The Hall–Kier alpha value is -1.65. The van der Waals surface area contributed by atoms with Gasteiger partial charge < -0.3 is 9.47 Å². The lowest BCUT2D eigenvalue weighted by molar-refractivity contribution is 0.103. The first-order chi connectivity index (χ1) is 10.1. The van der Waals surface area contributed by atoms with Crippen LogP contribution in [0.1, 0.15) is 21.5 Å². The van der Waals surface area contributed by atoms with Crippen molar-refractivity contribution in [2.24, 2.45) is 0 Å². The Labute approximate surface area is 132 Å². The minimum absolute atomic E-state index is 0.0104. The molecule has 0 radical (unpaired) electrons. The van der Waals surface area contributed by atoms with E-state index in [1.807, 2.05) is 43.3 Å². The lowest BCUT2D eigenvalue weighted by Gasteiger charge is -2.08. The Morgan fingerprint density at radius 3 is 2.62 bits per heavy atom. The standard InChI is InChI=1S/C17H15BrO3/c1-11-2-4-12(5-3-11)17(19)13-6-14(18)8-15(7-13)20-9-16-10-21-16/h2-8,16H,9-10H2,1H3. The van der Waals surface area contributed by atoms with Crippen LogP contribution in [0.4, 0.5) is 0 Å². The highest BCUT2D eigenvalue weighted by Gasteiger charge is 2.23. The molecule has 1 saturated heterocycles. The summed E-state index contributed by atoms with van der Waals surface area (Å²) in [6, 6.07) is 13.0. The first-order valence-corrected chi connectivity index (χ1v) is 7.57. The fraction of sp³-hybridized carbons (Fsp3) is 0.235. The maximum absolute atomic E-state index is 12.5. The zero-order chi connectivity index (χ0) is 14.8. The van der Waals surface area contributed by atoms with E-state index in [1.165, 1.54) is 0 Å². The summed E-state index contributed by atoms with van der Waals surface area (Å²) in [5.41, 5.74) is 2.42. The van der Waals surface area contributed by atoms with Gasteiger partial charge in [0.05, 0.1) is 6.61 Å². The lowest BCUT2D eigenvalue weighted by Crippen LogP contribution is -2.06. The molecule has 1 aliphatic heterocycles. The third-order valence-electron chi connectivity index (χ3n) is 3.29. The number of ketones is 1. The summed E-state index contributed by atoms with van der Waals surface area (Å²) in [4.78, 5) is 12.5. The summed E-state index contributed by atoms with van der Waals surface area (Å²) in [6.07, 6.45) is 0.195. The molecule has 1 fully saturated rings. The fourth-order valence-electron chi connectivity index (χ4n) is 2.00. The Morgan fingerprint density at radius 1 is 1.24 bits per heavy atom. The molecular formula is C17H15BrO3. The molecule has 2 aromatic carbocycles. The maximum atomic E-state index is 12.5. The van der Waals surface area contributed by atoms with Crippen molar-refractivity contribution in [3.8, 4) is 5.75 Å². The summed E-state index contributed by atoms with van der Waals surface area (Å²) >= 11 is 3.42. The van der Waals surface area contributed by atoms with E-state index in [-0.39, 0.29) is 11.9 Å². The Morgan fingerprint density at radius 2 is 1.95 bits per heavy atom. The summed E-state index contributed by atoms with van der Waals surface area (Å²) in [7, 11) is 0. The van der Waals surface area contributed by atoms with E-state index < -0.39 is 0 Å². The van der Waals surface area contributed by atoms with Gasteiger partial charge in [-0.2, -0.15) is 0 Å². The monoisotopic (exact) mass is 346 g/mol. The normalized spacial score (nSPS) is 16.6. The van der Waals surface area contributed by atoms with Gasteiger partial charge in [-0.3, -0.25) is 4.79 Å². The summed E-state index contributed by atoms with van der Waals surface area (Å²) in [6.45, 7) is 3.27. The van der Waals surface area contributed by atoms with Crippen molar-refractivity contribution in [1.82, 2.24) is 0 Å². The van der Waals surface area contributed by atoms with Crippen molar-refractivity contribution in [2.45, 2.75) is 13.0 Å². The van der Waals surface area contributed by atoms with Gasteiger partial charge in [0.2, 0.25) is 0 Å². The van der Waals surface area contributed by atoms with E-state index in [1.54, 1.807) is 6.07 Å². The van der Waals surface area contributed by atoms with E-state index in [0.29, 0.717) is 23.5 Å². The summed E-state index contributed by atoms with van der Waals surface area (Å²) in [5.74, 6) is 0.666. The van der Waals surface area contributed by atoms with Gasteiger partial charge in [-0.1, -0.05) is 45.8 Å². The molecule has 0 spiro atoms. The Kier molecular flexibility index (Phi) is 4.08. The third-order valence-corrected chi connectivity index (χ3v) is 3.74. The molecule has 0 amide bonds. The minimum atomic E-state index is -0.0104. The van der Waals surface area contributed by atoms with Gasteiger partial charge in [0.15, 0.2) is 5.78 Å². The van der Waals surface area contributed by atoms with Gasteiger partial charge in [-0.05, 0) is 25.1 Å². The molecular weight excluding hydrogens is 332 g/mol. The highest BCUT2D eigenvalue weighted by molar-refractivity contribution is 9.10. The van der Waals surface area contributed by atoms with E-state index in [2.05, 4.69) is 15.9 Å². The van der Waals surface area contributed by atoms with Crippen LogP contribution in [-0.2, 0) is 4.74 Å². The molecule has 0 aromatic heterocycles. The van der Waals surface area contributed by atoms with Gasteiger partial charge in [0.25, 0.3) is 0 Å². The largest absolute Gasteiger partial charge is 0.491 e. The minimum Gasteiger partial charge on any atom is -0.491 e. The van der Waals surface area contributed by atoms with Gasteiger partial charge >= 0.3 is 0 Å². The third kappa shape index (κ3) is 3.71. The Balaban J connectivity index is 1.82. The van der Waals surface area contributed by atoms with Gasteiger partial charge in [-0.25, -0.2) is 0 Å². The summed E-state index contributed by atoms with van der Waals surface area (Å²) < 4.78 is 11.6. The lowest BCUT2D eigenvalue weighted by atomic mass is 10.0. The number of carbonyl (C=O) groups is 1. The predicted molar refractivity (Wildman–Crippen MR) is 84.0 cm³/mol. The van der Waals surface area contributed by atoms with E-state index in [4.69, 9.17) is 9.47 Å². The van der Waals surface area contributed by atoms with Crippen molar-refractivity contribution in [3.63, 3.8) is 0 Å². The molecule has 2 aromatic rings. The number of rotatable bonds is 5. The zero-order valence-corrected chi connectivity index (χ0v) is 13.2. The molecule has 0 aliphatic carbocycles. The molecule has 0 N–H and O–H groups in total. The number of ether oxygens (including phenoxy) is 2. The number of halogens is 1. The molecule has 3 nitrogen and oxygen atoms in total. The smallest absolute Gasteiger partial charge is 0.193 e. The average molecular weight is 347 g/mol. The number of benzene rings is 2. The van der Waals surface area contributed by atoms with Crippen LogP contribution in [0.25, 0.3) is 0 Å².